The van der Waals surface area contributed by atoms with Gasteiger partial charge in [-0.2, -0.15) is 4.98 Å². The second-order valence-electron chi connectivity index (χ2n) is 5.92. The Morgan fingerprint density at radius 3 is 2.72 bits per heavy atom. The third-order valence-corrected chi connectivity index (χ3v) is 3.63. The molecule has 25 heavy (non-hydrogen) atoms. The number of anilines is 1. The molecule has 2 N–H and O–H groups in total. The quantitative estimate of drug-likeness (QED) is 0.775. The Kier molecular flexibility index (Phi) is 6.11. The van der Waals surface area contributed by atoms with Crippen LogP contribution in [-0.4, -0.2) is 45.6 Å². The van der Waals surface area contributed by atoms with E-state index in [4.69, 9.17) is 21.2 Å². The number of carbonyl (C=O) groups is 2. The van der Waals surface area contributed by atoms with Gasteiger partial charge in [0.05, 0.1) is 23.7 Å². The average Bonchev–Trinajstić information content (AvgIpc) is 2.97. The van der Waals surface area contributed by atoms with Gasteiger partial charge in [0.25, 0.3) is 0 Å². The van der Waals surface area contributed by atoms with Crippen LogP contribution in [0.4, 0.5) is 5.69 Å². The van der Waals surface area contributed by atoms with Crippen LogP contribution in [0.1, 0.15) is 41.8 Å². The highest BCUT2D eigenvalue weighted by molar-refractivity contribution is 6.33. The van der Waals surface area contributed by atoms with Gasteiger partial charge in [-0.15, -0.1) is 0 Å². The van der Waals surface area contributed by atoms with E-state index in [0.717, 1.165) is 0 Å². The fourth-order valence-corrected chi connectivity index (χ4v) is 2.26. The number of hydrogen-bond donors (Lipinski definition) is 2. The third-order valence-electron chi connectivity index (χ3n) is 3.30. The van der Waals surface area contributed by atoms with Crippen molar-refractivity contribution in [2.24, 2.45) is 0 Å². The fraction of sp³-hybridized carbons (Fsp3) is 0.375. The van der Waals surface area contributed by atoms with E-state index in [-0.39, 0.29) is 29.0 Å². The zero-order valence-corrected chi connectivity index (χ0v) is 14.9. The average molecular weight is 367 g/mol. The van der Waals surface area contributed by atoms with Crippen molar-refractivity contribution in [3.63, 3.8) is 0 Å². The van der Waals surface area contributed by atoms with Crippen LogP contribution < -0.4 is 5.32 Å². The standard InChI is InChI=1S/C16H19ClN4O4/c1-9(2)15-19-14(25-20-15)8-21(3)7-13(22)18-10-4-5-12(17)11(6-10)16(23)24/h4-6,9H,7-8H2,1-3H3,(H,18,22)(H,23,24). The summed E-state index contributed by atoms with van der Waals surface area (Å²) in [5, 5.41) is 15.7. The molecule has 0 bridgehead atoms. The lowest BCUT2D eigenvalue weighted by molar-refractivity contribution is -0.117. The first-order valence-corrected chi connectivity index (χ1v) is 7.97. The summed E-state index contributed by atoms with van der Waals surface area (Å²) in [6.07, 6.45) is 0. The van der Waals surface area contributed by atoms with Crippen molar-refractivity contribution < 1.29 is 19.2 Å². The maximum atomic E-state index is 12.1. The molecular formula is C16H19ClN4O4. The van der Waals surface area contributed by atoms with Crippen molar-refractivity contribution in [3.8, 4) is 0 Å². The van der Waals surface area contributed by atoms with Crippen LogP contribution in [0.3, 0.4) is 0 Å². The Balaban J connectivity index is 1.93. The molecule has 9 heteroatoms. The molecule has 0 aliphatic rings. The Morgan fingerprint density at radius 2 is 2.12 bits per heavy atom. The highest BCUT2D eigenvalue weighted by Crippen LogP contribution is 2.20. The minimum absolute atomic E-state index is 0.0695. The Hall–Kier alpha value is -2.45. The Bertz CT molecular complexity index is 775. The lowest BCUT2D eigenvalue weighted by atomic mass is 10.2. The number of nitrogens with zero attached hydrogens (tertiary/aromatic N) is 3. The van der Waals surface area contributed by atoms with Gasteiger partial charge in [-0.3, -0.25) is 9.69 Å². The van der Waals surface area contributed by atoms with Crippen LogP contribution in [0.5, 0.6) is 0 Å². The number of rotatable bonds is 7. The molecule has 0 unspecified atom stereocenters. The first-order chi connectivity index (χ1) is 11.8. The summed E-state index contributed by atoms with van der Waals surface area (Å²) in [6.45, 7) is 4.32. The number of halogens is 1. The molecule has 0 saturated heterocycles. The zero-order chi connectivity index (χ0) is 18.6. The summed E-state index contributed by atoms with van der Waals surface area (Å²) < 4.78 is 5.14. The van der Waals surface area contributed by atoms with E-state index >= 15 is 0 Å². The number of carboxylic acid groups (broad SMARTS) is 1. The summed E-state index contributed by atoms with van der Waals surface area (Å²) in [5.74, 6) is -0.242. The maximum absolute atomic E-state index is 12.1. The molecule has 0 fully saturated rings. The molecule has 2 aromatic rings. The van der Waals surface area contributed by atoms with Gasteiger partial charge in [0.1, 0.15) is 0 Å². The number of aromatic nitrogens is 2. The van der Waals surface area contributed by atoms with Crippen molar-refractivity contribution in [1.82, 2.24) is 15.0 Å². The van der Waals surface area contributed by atoms with Gasteiger partial charge in [-0.05, 0) is 25.2 Å². The van der Waals surface area contributed by atoms with E-state index in [1.165, 1.54) is 12.1 Å². The van der Waals surface area contributed by atoms with E-state index < -0.39 is 5.97 Å². The lowest BCUT2D eigenvalue weighted by Gasteiger charge is -2.14. The number of benzene rings is 1. The first kappa shape index (κ1) is 18.9. The zero-order valence-electron chi connectivity index (χ0n) is 14.1. The molecular weight excluding hydrogens is 348 g/mol. The highest BCUT2D eigenvalue weighted by atomic mass is 35.5. The van der Waals surface area contributed by atoms with Crippen LogP contribution in [-0.2, 0) is 11.3 Å². The van der Waals surface area contributed by atoms with Gasteiger partial charge < -0.3 is 14.9 Å². The van der Waals surface area contributed by atoms with Crippen LogP contribution in [0.2, 0.25) is 5.02 Å². The second-order valence-corrected chi connectivity index (χ2v) is 6.33. The third kappa shape index (κ3) is 5.27. The molecule has 0 atom stereocenters. The first-order valence-electron chi connectivity index (χ1n) is 7.60. The number of likely N-dealkylation sites (N-methyl/N-ethyl adjacent to an activating group) is 1. The normalized spacial score (nSPS) is 11.1. The predicted octanol–water partition coefficient (Wildman–Crippen LogP) is 2.62. The van der Waals surface area contributed by atoms with Crippen LogP contribution in [0, 0.1) is 0 Å². The molecule has 134 valence electrons. The van der Waals surface area contributed by atoms with Crippen molar-refractivity contribution >= 4 is 29.2 Å². The fourth-order valence-electron chi connectivity index (χ4n) is 2.07. The Labute approximate surface area is 149 Å². The number of carboxylic acids is 1. The van der Waals surface area contributed by atoms with Crippen molar-refractivity contribution in [2.45, 2.75) is 26.3 Å². The monoisotopic (exact) mass is 366 g/mol. The summed E-state index contributed by atoms with van der Waals surface area (Å²) in [5.41, 5.74) is 0.292. The number of aromatic carboxylic acids is 1. The van der Waals surface area contributed by atoms with Gasteiger partial charge >= 0.3 is 5.97 Å². The topological polar surface area (TPSA) is 109 Å². The predicted molar refractivity (Wildman–Crippen MR) is 91.8 cm³/mol. The smallest absolute Gasteiger partial charge is 0.337 e. The largest absolute Gasteiger partial charge is 0.478 e. The molecule has 0 aliphatic carbocycles. The maximum Gasteiger partial charge on any atom is 0.337 e. The number of hydrogen-bond acceptors (Lipinski definition) is 6. The van der Waals surface area contributed by atoms with E-state index in [2.05, 4.69) is 15.5 Å². The lowest BCUT2D eigenvalue weighted by Crippen LogP contribution is -2.30. The van der Waals surface area contributed by atoms with E-state index in [9.17, 15) is 9.59 Å². The number of amides is 1. The molecule has 0 radical (unpaired) electrons. The van der Waals surface area contributed by atoms with Gasteiger partial charge in [0.2, 0.25) is 11.8 Å². The molecule has 0 spiro atoms. The molecule has 1 amide bonds. The van der Waals surface area contributed by atoms with Gasteiger partial charge in [0.15, 0.2) is 5.82 Å². The SMILES string of the molecule is CC(C)c1noc(CN(C)CC(=O)Nc2ccc(Cl)c(C(=O)O)c2)n1. The van der Waals surface area contributed by atoms with Crippen LogP contribution in [0.25, 0.3) is 0 Å². The molecule has 1 heterocycles. The van der Waals surface area contributed by atoms with Crippen LogP contribution in [0.15, 0.2) is 22.7 Å². The summed E-state index contributed by atoms with van der Waals surface area (Å²) >= 11 is 5.80. The number of carbonyl (C=O) groups excluding carboxylic acids is 1. The van der Waals surface area contributed by atoms with Crippen molar-refractivity contribution in [2.75, 3.05) is 18.9 Å². The van der Waals surface area contributed by atoms with E-state index in [1.54, 1.807) is 18.0 Å². The minimum Gasteiger partial charge on any atom is -0.478 e. The van der Waals surface area contributed by atoms with Gasteiger partial charge in [0, 0.05) is 11.6 Å². The van der Waals surface area contributed by atoms with E-state index in [0.29, 0.717) is 23.9 Å². The molecule has 1 aromatic heterocycles. The molecule has 8 nitrogen and oxygen atoms in total. The summed E-state index contributed by atoms with van der Waals surface area (Å²) in [7, 11) is 1.74. The minimum atomic E-state index is -1.16. The Morgan fingerprint density at radius 1 is 1.40 bits per heavy atom. The second kappa shape index (κ2) is 8.09. The summed E-state index contributed by atoms with van der Waals surface area (Å²) in [6, 6.07) is 4.28. The molecule has 2 rings (SSSR count). The van der Waals surface area contributed by atoms with E-state index in [1.807, 2.05) is 13.8 Å². The molecule has 0 saturated carbocycles. The summed E-state index contributed by atoms with van der Waals surface area (Å²) in [4.78, 5) is 29.1. The van der Waals surface area contributed by atoms with Crippen LogP contribution >= 0.6 is 11.6 Å². The van der Waals surface area contributed by atoms with Crippen molar-refractivity contribution in [3.05, 3.63) is 40.5 Å². The van der Waals surface area contributed by atoms with Gasteiger partial charge in [-0.1, -0.05) is 30.6 Å². The number of nitrogens with one attached hydrogen (secondary N) is 1. The van der Waals surface area contributed by atoms with Crippen molar-refractivity contribution in [1.29, 1.82) is 0 Å². The molecule has 0 aliphatic heterocycles. The highest BCUT2D eigenvalue weighted by Gasteiger charge is 2.15. The molecule has 1 aromatic carbocycles. The van der Waals surface area contributed by atoms with Gasteiger partial charge in [-0.25, -0.2) is 4.79 Å².